The Bertz CT molecular complexity index is 700. The second kappa shape index (κ2) is 13.0. The number of ketones is 2. The summed E-state index contributed by atoms with van der Waals surface area (Å²) in [4.78, 5) is 62.1. The number of imide groups is 1. The zero-order valence-corrected chi connectivity index (χ0v) is 18.7. The SMILES string of the molecule is CC(=O)O[C@H](C(=O)C=CC(=O)CCCCCCO)[C@H](C)C(=O)N1C(=O)OC[C@@H]1C(C)C. The average Bonchev–Trinajstić information content (AvgIpc) is 3.10. The van der Waals surface area contributed by atoms with Gasteiger partial charge in [-0.2, -0.15) is 0 Å². The minimum absolute atomic E-state index is 0.0552. The number of hydrogen-bond donors (Lipinski definition) is 1. The van der Waals surface area contributed by atoms with Crippen molar-refractivity contribution in [1.29, 1.82) is 0 Å². The highest BCUT2D eigenvalue weighted by molar-refractivity contribution is 6.04. The maximum absolute atomic E-state index is 12.9. The van der Waals surface area contributed by atoms with Crippen molar-refractivity contribution in [3.05, 3.63) is 12.2 Å². The van der Waals surface area contributed by atoms with Crippen LogP contribution in [-0.4, -0.2) is 64.9 Å². The van der Waals surface area contributed by atoms with Gasteiger partial charge in [0.05, 0.1) is 12.0 Å². The lowest BCUT2D eigenvalue weighted by Gasteiger charge is -2.28. The number of ether oxygens (including phenoxy) is 2. The highest BCUT2D eigenvalue weighted by Crippen LogP contribution is 2.24. The van der Waals surface area contributed by atoms with Crippen molar-refractivity contribution < 1.29 is 38.6 Å². The first-order chi connectivity index (χ1) is 14.6. The van der Waals surface area contributed by atoms with Crippen molar-refractivity contribution in [2.45, 2.75) is 71.9 Å². The minimum atomic E-state index is -1.46. The first-order valence-electron chi connectivity index (χ1n) is 10.6. The van der Waals surface area contributed by atoms with Gasteiger partial charge >= 0.3 is 12.1 Å². The number of aliphatic hydroxyl groups is 1. The molecule has 0 aromatic rings. The molecule has 31 heavy (non-hydrogen) atoms. The molecule has 3 atom stereocenters. The number of esters is 1. The molecule has 0 saturated carbocycles. The molecule has 1 N–H and O–H groups in total. The quantitative estimate of drug-likeness (QED) is 0.263. The van der Waals surface area contributed by atoms with E-state index in [4.69, 9.17) is 14.6 Å². The zero-order valence-electron chi connectivity index (χ0n) is 18.7. The van der Waals surface area contributed by atoms with Crippen LogP contribution in [0.15, 0.2) is 12.2 Å². The number of aliphatic hydroxyl groups excluding tert-OH is 1. The topological polar surface area (TPSA) is 127 Å². The lowest BCUT2D eigenvalue weighted by Crippen LogP contribution is -2.48. The Kier molecular flexibility index (Phi) is 11.1. The summed E-state index contributed by atoms with van der Waals surface area (Å²) in [5, 5.41) is 8.74. The van der Waals surface area contributed by atoms with Crippen LogP contribution in [0.4, 0.5) is 4.79 Å². The maximum Gasteiger partial charge on any atom is 0.416 e. The first kappa shape index (κ1) is 26.5. The Balaban J connectivity index is 2.83. The summed E-state index contributed by atoms with van der Waals surface area (Å²) in [7, 11) is 0. The van der Waals surface area contributed by atoms with Gasteiger partial charge in [0.15, 0.2) is 17.7 Å². The standard InChI is InChI=1S/C22H33NO8/c1-14(2)18-13-30-22(29)23(18)21(28)15(3)20(31-16(4)25)19(27)11-10-17(26)9-7-5-6-8-12-24/h10-11,14-15,18,20,24H,5-9,12-13H2,1-4H3/t15-,18+,20-/m0/s1. The molecule has 0 aliphatic carbocycles. The van der Waals surface area contributed by atoms with Crippen LogP contribution in [0.5, 0.6) is 0 Å². The van der Waals surface area contributed by atoms with E-state index in [1.807, 2.05) is 13.8 Å². The molecule has 0 aromatic heterocycles. The van der Waals surface area contributed by atoms with Crippen molar-refractivity contribution >= 4 is 29.5 Å². The molecule has 1 aliphatic rings. The van der Waals surface area contributed by atoms with Gasteiger partial charge in [-0.1, -0.05) is 26.7 Å². The predicted octanol–water partition coefficient (Wildman–Crippen LogP) is 2.19. The second-order valence-electron chi connectivity index (χ2n) is 8.01. The summed E-state index contributed by atoms with van der Waals surface area (Å²) < 4.78 is 10.0. The molecule has 0 radical (unpaired) electrons. The van der Waals surface area contributed by atoms with Gasteiger partial charge in [0, 0.05) is 20.0 Å². The van der Waals surface area contributed by atoms with Crippen LogP contribution < -0.4 is 0 Å². The summed E-state index contributed by atoms with van der Waals surface area (Å²) >= 11 is 0. The summed E-state index contributed by atoms with van der Waals surface area (Å²) in [5.41, 5.74) is 0. The zero-order chi connectivity index (χ0) is 23.6. The average molecular weight is 440 g/mol. The second-order valence-corrected chi connectivity index (χ2v) is 8.01. The largest absolute Gasteiger partial charge is 0.453 e. The van der Waals surface area contributed by atoms with Gasteiger partial charge in [-0.15, -0.1) is 0 Å². The number of amides is 2. The molecule has 1 aliphatic heterocycles. The third-order valence-corrected chi connectivity index (χ3v) is 5.09. The number of rotatable bonds is 13. The molecule has 1 fully saturated rings. The molecule has 0 aromatic carbocycles. The summed E-state index contributed by atoms with van der Waals surface area (Å²) in [6, 6.07) is -0.474. The smallest absolute Gasteiger partial charge is 0.416 e. The van der Waals surface area contributed by atoms with E-state index in [2.05, 4.69) is 0 Å². The fourth-order valence-electron chi connectivity index (χ4n) is 3.23. The van der Waals surface area contributed by atoms with E-state index >= 15 is 0 Å². The summed E-state index contributed by atoms with van der Waals surface area (Å²) in [6.07, 6.45) is 3.04. The molecule has 1 heterocycles. The van der Waals surface area contributed by atoms with Gasteiger partial charge in [-0.25, -0.2) is 9.69 Å². The first-order valence-corrected chi connectivity index (χ1v) is 10.6. The molecule has 0 spiro atoms. The van der Waals surface area contributed by atoms with Gasteiger partial charge in [-0.05, 0) is 37.8 Å². The summed E-state index contributed by atoms with van der Waals surface area (Å²) in [5.74, 6) is -3.60. The monoisotopic (exact) mass is 439 g/mol. The number of cyclic esters (lactones) is 1. The maximum atomic E-state index is 12.9. The molecular weight excluding hydrogens is 406 g/mol. The minimum Gasteiger partial charge on any atom is -0.453 e. The fraction of sp³-hybridized carbons (Fsp3) is 0.682. The molecular formula is C22H33NO8. The van der Waals surface area contributed by atoms with Crippen molar-refractivity contribution in [3.63, 3.8) is 0 Å². The van der Waals surface area contributed by atoms with Crippen molar-refractivity contribution in [2.24, 2.45) is 11.8 Å². The number of unbranched alkanes of at least 4 members (excludes halogenated alkanes) is 3. The lowest BCUT2D eigenvalue weighted by atomic mass is 9.96. The van der Waals surface area contributed by atoms with Gasteiger partial charge < -0.3 is 14.6 Å². The number of nitrogens with zero attached hydrogens (tertiary/aromatic N) is 1. The molecule has 9 nitrogen and oxygen atoms in total. The Morgan fingerprint density at radius 2 is 1.77 bits per heavy atom. The predicted molar refractivity (Wildman–Crippen MR) is 111 cm³/mol. The van der Waals surface area contributed by atoms with Crippen molar-refractivity contribution in [2.75, 3.05) is 13.2 Å². The third kappa shape index (κ3) is 8.24. The number of carbonyl (C=O) groups is 5. The van der Waals surface area contributed by atoms with E-state index in [0.29, 0.717) is 12.8 Å². The molecule has 174 valence electrons. The van der Waals surface area contributed by atoms with E-state index < -0.39 is 41.8 Å². The van der Waals surface area contributed by atoms with E-state index in [-0.39, 0.29) is 31.3 Å². The molecule has 0 unspecified atom stereocenters. The van der Waals surface area contributed by atoms with Crippen LogP contribution in [0, 0.1) is 11.8 Å². The highest BCUT2D eigenvalue weighted by atomic mass is 16.6. The molecule has 0 bridgehead atoms. The molecule has 1 rings (SSSR count). The molecule has 9 heteroatoms. The lowest BCUT2D eigenvalue weighted by molar-refractivity contribution is -0.158. The molecule has 1 saturated heterocycles. The Morgan fingerprint density at radius 3 is 2.35 bits per heavy atom. The fourth-order valence-corrected chi connectivity index (χ4v) is 3.23. The summed E-state index contributed by atoms with van der Waals surface area (Å²) in [6.45, 7) is 6.36. The van der Waals surface area contributed by atoms with Crippen LogP contribution in [0.2, 0.25) is 0 Å². The Morgan fingerprint density at radius 1 is 1.13 bits per heavy atom. The van der Waals surface area contributed by atoms with Gasteiger partial charge in [-0.3, -0.25) is 19.2 Å². The van der Waals surface area contributed by atoms with E-state index in [0.717, 1.165) is 36.8 Å². The van der Waals surface area contributed by atoms with Crippen LogP contribution in [0.1, 0.15) is 59.8 Å². The third-order valence-electron chi connectivity index (χ3n) is 5.09. The van der Waals surface area contributed by atoms with E-state index in [1.165, 1.54) is 6.92 Å². The number of allylic oxidation sites excluding steroid dienone is 1. The number of carbonyl (C=O) groups excluding carboxylic acids is 5. The highest BCUT2D eigenvalue weighted by Gasteiger charge is 2.44. The van der Waals surface area contributed by atoms with Gasteiger partial charge in [0.1, 0.15) is 6.61 Å². The van der Waals surface area contributed by atoms with E-state index in [9.17, 15) is 24.0 Å². The van der Waals surface area contributed by atoms with E-state index in [1.54, 1.807) is 0 Å². The van der Waals surface area contributed by atoms with Crippen LogP contribution in [-0.2, 0) is 28.7 Å². The molecule has 2 amide bonds. The van der Waals surface area contributed by atoms with Crippen LogP contribution >= 0.6 is 0 Å². The number of hydrogen-bond acceptors (Lipinski definition) is 8. The van der Waals surface area contributed by atoms with Crippen molar-refractivity contribution in [3.8, 4) is 0 Å². The van der Waals surface area contributed by atoms with Crippen LogP contribution in [0.3, 0.4) is 0 Å². The van der Waals surface area contributed by atoms with Gasteiger partial charge in [0.25, 0.3) is 0 Å². The van der Waals surface area contributed by atoms with Crippen molar-refractivity contribution in [1.82, 2.24) is 4.90 Å². The van der Waals surface area contributed by atoms with Gasteiger partial charge in [0.2, 0.25) is 5.91 Å². The normalized spacial score (nSPS) is 18.2. The Labute approximate surface area is 182 Å². The Hall–Kier alpha value is -2.55. The van der Waals surface area contributed by atoms with Crippen LogP contribution in [0.25, 0.3) is 0 Å².